The van der Waals surface area contributed by atoms with Crippen molar-refractivity contribution in [2.75, 3.05) is 13.7 Å². The van der Waals surface area contributed by atoms with Crippen LogP contribution < -0.4 is 5.32 Å². The van der Waals surface area contributed by atoms with Crippen molar-refractivity contribution in [3.05, 3.63) is 59.7 Å². The van der Waals surface area contributed by atoms with Gasteiger partial charge < -0.3 is 10.1 Å². The summed E-state index contributed by atoms with van der Waals surface area (Å²) in [5.41, 5.74) is 3.23. The molecule has 0 radical (unpaired) electrons. The molecular weight excluding hydrogens is 290 g/mol. The lowest BCUT2D eigenvalue weighted by Gasteiger charge is -2.10. The number of amides is 1. The Labute approximate surface area is 136 Å². The third-order valence-corrected chi connectivity index (χ3v) is 3.47. The van der Waals surface area contributed by atoms with E-state index >= 15 is 0 Å². The lowest BCUT2D eigenvalue weighted by Crippen LogP contribution is -2.24. The highest BCUT2D eigenvalue weighted by molar-refractivity contribution is 5.96. The van der Waals surface area contributed by atoms with Crippen molar-refractivity contribution in [3.63, 3.8) is 0 Å². The van der Waals surface area contributed by atoms with Gasteiger partial charge in [0.05, 0.1) is 13.5 Å². The number of hydrogen-bond acceptors (Lipinski definition) is 3. The average Bonchev–Trinajstić information content (AvgIpc) is 2.60. The average molecular weight is 311 g/mol. The van der Waals surface area contributed by atoms with Gasteiger partial charge in [-0.3, -0.25) is 9.59 Å². The minimum absolute atomic E-state index is 0.129. The third kappa shape index (κ3) is 4.68. The summed E-state index contributed by atoms with van der Waals surface area (Å²) in [5, 5.41) is 2.87. The van der Waals surface area contributed by atoms with Gasteiger partial charge in [0, 0.05) is 12.1 Å². The number of benzene rings is 2. The van der Waals surface area contributed by atoms with Crippen LogP contribution in [0.5, 0.6) is 0 Å². The molecule has 0 heterocycles. The molecule has 0 aromatic heterocycles. The van der Waals surface area contributed by atoms with Gasteiger partial charge in [0.25, 0.3) is 5.91 Å². The highest BCUT2D eigenvalue weighted by Gasteiger charge is 2.12. The summed E-state index contributed by atoms with van der Waals surface area (Å²) in [5.74, 6) is -0.453. The lowest BCUT2D eigenvalue weighted by molar-refractivity contribution is -0.139. The van der Waals surface area contributed by atoms with E-state index in [2.05, 4.69) is 5.32 Å². The number of esters is 1. The van der Waals surface area contributed by atoms with Crippen LogP contribution in [0.1, 0.15) is 29.3 Å². The predicted octanol–water partition coefficient (Wildman–Crippen LogP) is 3.21. The molecule has 1 amide bonds. The molecule has 2 rings (SSSR count). The normalized spacial score (nSPS) is 10.2. The van der Waals surface area contributed by atoms with Gasteiger partial charge in [-0.05, 0) is 35.2 Å². The van der Waals surface area contributed by atoms with Crippen LogP contribution in [0, 0.1) is 0 Å². The van der Waals surface area contributed by atoms with E-state index in [-0.39, 0.29) is 18.3 Å². The molecule has 0 saturated carbocycles. The topological polar surface area (TPSA) is 55.4 Å². The van der Waals surface area contributed by atoms with Crippen LogP contribution in [0.4, 0.5) is 0 Å². The molecule has 2 aromatic rings. The van der Waals surface area contributed by atoms with Gasteiger partial charge in [-0.1, -0.05) is 43.3 Å². The fraction of sp³-hybridized carbons (Fsp3) is 0.263. The molecule has 120 valence electrons. The zero-order chi connectivity index (χ0) is 16.7. The van der Waals surface area contributed by atoms with E-state index in [1.165, 1.54) is 7.11 Å². The van der Waals surface area contributed by atoms with Gasteiger partial charge in [-0.2, -0.15) is 0 Å². The summed E-state index contributed by atoms with van der Waals surface area (Å²) in [6.07, 6.45) is 1.02. The molecule has 0 aliphatic rings. The second-order valence-electron chi connectivity index (χ2n) is 5.29. The first-order chi connectivity index (χ1) is 11.1. The molecule has 0 unspecified atom stereocenters. The number of carbonyl (C=O) groups is 2. The molecule has 0 atom stereocenters. The van der Waals surface area contributed by atoms with Crippen LogP contribution in [0.25, 0.3) is 11.1 Å². The number of methoxy groups -OCH3 is 1. The summed E-state index contributed by atoms with van der Waals surface area (Å²) in [7, 11) is 1.36. The van der Waals surface area contributed by atoms with Crippen molar-refractivity contribution in [2.24, 2.45) is 0 Å². The second-order valence-corrected chi connectivity index (χ2v) is 5.29. The molecule has 0 bridgehead atoms. The maximum Gasteiger partial charge on any atom is 0.309 e. The number of hydrogen-bond donors (Lipinski definition) is 1. The number of carbonyl (C=O) groups excluding carboxylic acids is 2. The highest BCUT2D eigenvalue weighted by Crippen LogP contribution is 2.23. The van der Waals surface area contributed by atoms with Crippen LogP contribution in [-0.4, -0.2) is 25.5 Å². The Kier molecular flexibility index (Phi) is 5.92. The first-order valence-electron chi connectivity index (χ1n) is 7.68. The molecule has 0 fully saturated rings. The van der Waals surface area contributed by atoms with Crippen molar-refractivity contribution < 1.29 is 14.3 Å². The summed E-state index contributed by atoms with van der Waals surface area (Å²) in [4.78, 5) is 23.8. The Bertz CT molecular complexity index is 680. The van der Waals surface area contributed by atoms with E-state index in [0.717, 1.165) is 23.1 Å². The summed E-state index contributed by atoms with van der Waals surface area (Å²) in [6, 6.07) is 15.3. The van der Waals surface area contributed by atoms with E-state index in [9.17, 15) is 9.59 Å². The van der Waals surface area contributed by atoms with Gasteiger partial charge in [0.1, 0.15) is 0 Å². The largest absolute Gasteiger partial charge is 0.469 e. The Morgan fingerprint density at radius 3 is 2.43 bits per heavy atom. The Hall–Kier alpha value is -2.62. The van der Waals surface area contributed by atoms with Crippen molar-refractivity contribution >= 4 is 11.9 Å². The van der Waals surface area contributed by atoms with Crippen molar-refractivity contribution in [2.45, 2.75) is 19.8 Å². The quantitative estimate of drug-likeness (QED) is 0.833. The first kappa shape index (κ1) is 16.7. The van der Waals surface area contributed by atoms with Gasteiger partial charge in [0.15, 0.2) is 0 Å². The van der Waals surface area contributed by atoms with E-state index in [1.54, 1.807) is 6.07 Å². The molecule has 4 heteroatoms. The Morgan fingerprint density at radius 2 is 1.78 bits per heavy atom. The summed E-state index contributed by atoms with van der Waals surface area (Å²) >= 11 is 0. The monoisotopic (exact) mass is 311 g/mol. The zero-order valence-electron chi connectivity index (χ0n) is 13.5. The fourth-order valence-corrected chi connectivity index (χ4v) is 2.30. The molecule has 0 saturated heterocycles. The van der Waals surface area contributed by atoms with E-state index < -0.39 is 0 Å². The second kappa shape index (κ2) is 8.13. The summed E-state index contributed by atoms with van der Waals surface area (Å²) in [6.45, 7) is 2.63. The minimum atomic E-state index is -0.324. The standard InChI is InChI=1S/C19H21NO3/c1-3-9-20-19(22)17-11-14(12-18(21)23-2)10-16(13-17)15-7-5-4-6-8-15/h4-8,10-11,13H,3,9,12H2,1-2H3,(H,20,22). The minimum Gasteiger partial charge on any atom is -0.469 e. The Balaban J connectivity index is 2.39. The molecule has 0 spiro atoms. The maximum absolute atomic E-state index is 12.3. The van der Waals surface area contributed by atoms with Crippen LogP contribution in [-0.2, 0) is 16.0 Å². The number of nitrogens with one attached hydrogen (secondary N) is 1. The summed E-state index contributed by atoms with van der Waals surface area (Å²) < 4.78 is 4.73. The van der Waals surface area contributed by atoms with Gasteiger partial charge in [-0.25, -0.2) is 0 Å². The molecule has 0 aliphatic carbocycles. The van der Waals surface area contributed by atoms with Gasteiger partial charge in [-0.15, -0.1) is 0 Å². The van der Waals surface area contributed by atoms with Gasteiger partial charge >= 0.3 is 5.97 Å². The lowest BCUT2D eigenvalue weighted by atomic mass is 9.98. The first-order valence-corrected chi connectivity index (χ1v) is 7.68. The van der Waals surface area contributed by atoms with Crippen LogP contribution in [0.2, 0.25) is 0 Å². The predicted molar refractivity (Wildman–Crippen MR) is 90.2 cm³/mol. The fourth-order valence-electron chi connectivity index (χ4n) is 2.30. The smallest absolute Gasteiger partial charge is 0.309 e. The van der Waals surface area contributed by atoms with Crippen LogP contribution >= 0.6 is 0 Å². The van der Waals surface area contributed by atoms with Crippen molar-refractivity contribution in [3.8, 4) is 11.1 Å². The molecule has 23 heavy (non-hydrogen) atoms. The molecule has 0 aliphatic heterocycles. The molecule has 1 N–H and O–H groups in total. The zero-order valence-corrected chi connectivity index (χ0v) is 13.5. The highest BCUT2D eigenvalue weighted by atomic mass is 16.5. The van der Waals surface area contributed by atoms with Crippen LogP contribution in [0.15, 0.2) is 48.5 Å². The molecule has 2 aromatic carbocycles. The van der Waals surface area contributed by atoms with E-state index in [1.807, 2.05) is 49.4 Å². The van der Waals surface area contributed by atoms with Crippen LogP contribution in [0.3, 0.4) is 0 Å². The van der Waals surface area contributed by atoms with Gasteiger partial charge in [0.2, 0.25) is 0 Å². The van der Waals surface area contributed by atoms with E-state index in [0.29, 0.717) is 12.1 Å². The third-order valence-electron chi connectivity index (χ3n) is 3.47. The van der Waals surface area contributed by atoms with Crippen molar-refractivity contribution in [1.82, 2.24) is 5.32 Å². The van der Waals surface area contributed by atoms with E-state index in [4.69, 9.17) is 4.74 Å². The maximum atomic E-state index is 12.3. The molecule has 4 nitrogen and oxygen atoms in total. The van der Waals surface area contributed by atoms with Crippen molar-refractivity contribution in [1.29, 1.82) is 0 Å². The molecular formula is C19H21NO3. The Morgan fingerprint density at radius 1 is 1.04 bits per heavy atom. The number of rotatable bonds is 6. The number of ether oxygens (including phenoxy) is 1. The SMILES string of the molecule is CCCNC(=O)c1cc(CC(=O)OC)cc(-c2ccccc2)c1.